The number of amides is 1. The summed E-state index contributed by atoms with van der Waals surface area (Å²) in [7, 11) is 1.60. The van der Waals surface area contributed by atoms with Gasteiger partial charge in [0.05, 0.1) is 30.2 Å². The molecule has 3 heterocycles. The molecule has 160 valence electrons. The lowest BCUT2D eigenvalue weighted by Gasteiger charge is -2.27. The van der Waals surface area contributed by atoms with Crippen molar-refractivity contribution in [2.75, 3.05) is 20.3 Å². The van der Waals surface area contributed by atoms with Gasteiger partial charge in [0.25, 0.3) is 5.91 Å². The van der Waals surface area contributed by atoms with Gasteiger partial charge in [-0.2, -0.15) is 0 Å². The molecule has 31 heavy (non-hydrogen) atoms. The molecule has 1 saturated heterocycles. The number of methoxy groups -OCH3 is 1. The third-order valence-electron chi connectivity index (χ3n) is 6.42. The molecular weight excluding hydrogens is 394 g/mol. The van der Waals surface area contributed by atoms with E-state index in [2.05, 4.69) is 0 Å². The highest BCUT2D eigenvalue weighted by atomic mass is 16.5. The molecular formula is C25H25NO5. The third kappa shape index (κ3) is 3.22. The first-order chi connectivity index (χ1) is 15.0. The van der Waals surface area contributed by atoms with Gasteiger partial charge in [0.2, 0.25) is 5.76 Å². The van der Waals surface area contributed by atoms with Crippen LogP contribution in [0.4, 0.5) is 0 Å². The predicted octanol–water partition coefficient (Wildman–Crippen LogP) is 4.14. The third-order valence-corrected chi connectivity index (χ3v) is 6.42. The van der Waals surface area contributed by atoms with Crippen molar-refractivity contribution in [1.29, 1.82) is 0 Å². The molecule has 5 rings (SSSR count). The predicted molar refractivity (Wildman–Crippen MR) is 117 cm³/mol. The molecule has 2 unspecified atom stereocenters. The number of hydrogen-bond donors (Lipinski definition) is 0. The Morgan fingerprint density at radius 3 is 2.68 bits per heavy atom. The Kier molecular flexibility index (Phi) is 4.82. The molecule has 6 nitrogen and oxygen atoms in total. The molecule has 2 atom stereocenters. The lowest BCUT2D eigenvalue weighted by atomic mass is 9.97. The van der Waals surface area contributed by atoms with E-state index in [0.29, 0.717) is 35.4 Å². The number of hydrogen-bond acceptors (Lipinski definition) is 5. The van der Waals surface area contributed by atoms with Crippen molar-refractivity contribution in [3.05, 3.63) is 74.6 Å². The number of rotatable bonds is 4. The van der Waals surface area contributed by atoms with E-state index >= 15 is 0 Å². The Morgan fingerprint density at radius 1 is 1.13 bits per heavy atom. The van der Waals surface area contributed by atoms with Gasteiger partial charge in [-0.15, -0.1) is 0 Å². The Balaban J connectivity index is 1.72. The number of benzene rings is 2. The van der Waals surface area contributed by atoms with E-state index in [4.69, 9.17) is 13.9 Å². The molecule has 0 saturated carbocycles. The molecule has 0 spiro atoms. The quantitative estimate of drug-likeness (QED) is 0.636. The van der Waals surface area contributed by atoms with Crippen molar-refractivity contribution >= 4 is 16.9 Å². The van der Waals surface area contributed by atoms with Crippen LogP contribution in [0.2, 0.25) is 0 Å². The molecule has 2 aromatic carbocycles. The zero-order valence-corrected chi connectivity index (χ0v) is 17.9. The van der Waals surface area contributed by atoms with Gasteiger partial charge in [-0.05, 0) is 67.6 Å². The SMILES string of the molecule is COc1cccc(C2c3c(oc4cc(C)c(C)cc4c3=O)C(=O)N2CC2CCCO2)c1. The summed E-state index contributed by atoms with van der Waals surface area (Å²) >= 11 is 0. The number of fused-ring (bicyclic) bond motifs is 2. The second-order valence-corrected chi connectivity index (χ2v) is 8.38. The lowest BCUT2D eigenvalue weighted by molar-refractivity contribution is 0.0486. The second-order valence-electron chi connectivity index (χ2n) is 8.38. The Labute approximate surface area is 180 Å². The Morgan fingerprint density at radius 2 is 1.94 bits per heavy atom. The van der Waals surface area contributed by atoms with Crippen molar-refractivity contribution < 1.29 is 18.7 Å². The summed E-state index contributed by atoms with van der Waals surface area (Å²) in [6.07, 6.45) is 1.83. The van der Waals surface area contributed by atoms with Gasteiger partial charge >= 0.3 is 0 Å². The van der Waals surface area contributed by atoms with Crippen molar-refractivity contribution in [2.24, 2.45) is 0 Å². The van der Waals surface area contributed by atoms with E-state index in [0.717, 1.165) is 29.5 Å². The monoisotopic (exact) mass is 419 g/mol. The molecule has 3 aromatic rings. The van der Waals surface area contributed by atoms with E-state index in [1.54, 1.807) is 12.0 Å². The van der Waals surface area contributed by atoms with Gasteiger partial charge in [0, 0.05) is 13.2 Å². The zero-order valence-electron chi connectivity index (χ0n) is 17.9. The summed E-state index contributed by atoms with van der Waals surface area (Å²) in [5, 5.41) is 0.501. The standard InChI is InChI=1S/C25H25NO5/c1-14-10-19-20(11-15(14)2)31-24-21(23(19)27)22(16-6-4-7-17(12-16)29-3)26(25(24)28)13-18-8-5-9-30-18/h4,6-7,10-12,18,22H,5,8-9,13H2,1-3H3. The van der Waals surface area contributed by atoms with Crippen LogP contribution in [0.25, 0.3) is 11.0 Å². The summed E-state index contributed by atoms with van der Waals surface area (Å²) in [4.78, 5) is 28.8. The van der Waals surface area contributed by atoms with Crippen molar-refractivity contribution in [1.82, 2.24) is 4.90 Å². The molecule has 2 aliphatic rings. The number of carbonyl (C=O) groups is 1. The highest BCUT2D eigenvalue weighted by Gasteiger charge is 2.44. The number of carbonyl (C=O) groups excluding carboxylic acids is 1. The van der Waals surface area contributed by atoms with Gasteiger partial charge in [-0.25, -0.2) is 0 Å². The van der Waals surface area contributed by atoms with E-state index in [1.807, 2.05) is 50.2 Å². The summed E-state index contributed by atoms with van der Waals surface area (Å²) in [5.41, 5.74) is 3.53. The summed E-state index contributed by atoms with van der Waals surface area (Å²) in [5.74, 6) is 0.536. The van der Waals surface area contributed by atoms with Crippen LogP contribution in [0, 0.1) is 13.8 Å². The number of ether oxygens (including phenoxy) is 2. The molecule has 0 bridgehead atoms. The van der Waals surface area contributed by atoms with E-state index in [9.17, 15) is 9.59 Å². The maximum Gasteiger partial charge on any atom is 0.291 e. The first-order valence-electron chi connectivity index (χ1n) is 10.6. The van der Waals surface area contributed by atoms with Gasteiger partial charge in [0.1, 0.15) is 11.3 Å². The normalized spacial score (nSPS) is 20.5. The smallest absolute Gasteiger partial charge is 0.291 e. The van der Waals surface area contributed by atoms with Crippen molar-refractivity contribution in [3.63, 3.8) is 0 Å². The van der Waals surface area contributed by atoms with E-state index in [-0.39, 0.29) is 23.2 Å². The minimum Gasteiger partial charge on any atom is -0.497 e. The largest absolute Gasteiger partial charge is 0.497 e. The average Bonchev–Trinajstić information content (AvgIpc) is 3.37. The van der Waals surface area contributed by atoms with Crippen LogP contribution in [0.5, 0.6) is 5.75 Å². The summed E-state index contributed by atoms with van der Waals surface area (Å²) in [6, 6.07) is 10.7. The van der Waals surface area contributed by atoms with Gasteiger partial charge in [-0.3, -0.25) is 9.59 Å². The molecule has 1 amide bonds. The summed E-state index contributed by atoms with van der Waals surface area (Å²) in [6.45, 7) is 5.05. The zero-order chi connectivity index (χ0) is 21.7. The van der Waals surface area contributed by atoms with Crippen molar-refractivity contribution in [3.8, 4) is 5.75 Å². The minimum atomic E-state index is -0.538. The van der Waals surface area contributed by atoms with E-state index in [1.165, 1.54) is 0 Å². The van der Waals surface area contributed by atoms with Gasteiger partial charge in [0.15, 0.2) is 5.43 Å². The highest BCUT2D eigenvalue weighted by Crippen LogP contribution is 2.40. The molecule has 0 radical (unpaired) electrons. The van der Waals surface area contributed by atoms with Gasteiger partial charge in [-0.1, -0.05) is 12.1 Å². The van der Waals surface area contributed by atoms with Crippen molar-refractivity contribution in [2.45, 2.75) is 38.8 Å². The molecule has 0 N–H and O–H groups in total. The lowest BCUT2D eigenvalue weighted by Crippen LogP contribution is -2.36. The maximum absolute atomic E-state index is 13.6. The summed E-state index contributed by atoms with van der Waals surface area (Å²) < 4.78 is 17.3. The molecule has 0 aliphatic carbocycles. The average molecular weight is 419 g/mol. The molecule has 1 fully saturated rings. The van der Waals surface area contributed by atoms with Crippen LogP contribution in [-0.2, 0) is 4.74 Å². The van der Waals surface area contributed by atoms with E-state index < -0.39 is 6.04 Å². The highest BCUT2D eigenvalue weighted by molar-refractivity contribution is 5.99. The second kappa shape index (κ2) is 7.54. The Hall–Kier alpha value is -3.12. The maximum atomic E-state index is 13.6. The van der Waals surface area contributed by atoms with Crippen LogP contribution in [0.1, 0.15) is 51.7 Å². The fraction of sp³-hybridized carbons (Fsp3) is 0.360. The first kappa shape index (κ1) is 19.8. The number of aryl methyl sites for hydroxylation is 2. The fourth-order valence-electron chi connectivity index (χ4n) is 4.63. The van der Waals surface area contributed by atoms with Gasteiger partial charge < -0.3 is 18.8 Å². The van der Waals surface area contributed by atoms with Crippen LogP contribution < -0.4 is 10.2 Å². The topological polar surface area (TPSA) is 69.0 Å². The molecule has 6 heteroatoms. The molecule has 1 aromatic heterocycles. The minimum absolute atomic E-state index is 0.0413. The first-order valence-corrected chi connectivity index (χ1v) is 10.6. The van der Waals surface area contributed by atoms with Crippen LogP contribution >= 0.6 is 0 Å². The number of nitrogens with zero attached hydrogens (tertiary/aromatic N) is 1. The van der Waals surface area contributed by atoms with Crippen LogP contribution in [-0.4, -0.2) is 37.2 Å². The Bertz CT molecular complexity index is 1240. The van der Waals surface area contributed by atoms with Crippen LogP contribution in [0.3, 0.4) is 0 Å². The van der Waals surface area contributed by atoms with Crippen LogP contribution in [0.15, 0.2) is 45.6 Å². The molecule has 2 aliphatic heterocycles. The fourth-order valence-corrected chi connectivity index (χ4v) is 4.63.